The molecule has 21 heavy (non-hydrogen) atoms. The summed E-state index contributed by atoms with van der Waals surface area (Å²) in [6, 6.07) is 8.38. The second-order valence-electron chi connectivity index (χ2n) is 5.77. The number of rotatable bonds is 4. The summed E-state index contributed by atoms with van der Waals surface area (Å²) in [7, 11) is 1.65. The molecule has 1 heterocycles. The van der Waals surface area contributed by atoms with Crippen molar-refractivity contribution in [3.63, 3.8) is 0 Å². The molecule has 1 saturated carbocycles. The van der Waals surface area contributed by atoms with Crippen LogP contribution in [0.15, 0.2) is 29.3 Å². The Morgan fingerprint density at radius 2 is 2.14 bits per heavy atom. The molecule has 3 atom stereocenters. The van der Waals surface area contributed by atoms with Gasteiger partial charge >= 0.3 is 5.97 Å². The molecule has 2 N–H and O–H groups in total. The van der Waals surface area contributed by atoms with Crippen LogP contribution in [0.3, 0.4) is 0 Å². The Morgan fingerprint density at radius 1 is 1.38 bits per heavy atom. The van der Waals surface area contributed by atoms with Crippen LogP contribution >= 0.6 is 0 Å². The van der Waals surface area contributed by atoms with Crippen molar-refractivity contribution in [1.29, 1.82) is 0 Å². The van der Waals surface area contributed by atoms with Crippen LogP contribution in [-0.4, -0.2) is 36.1 Å². The van der Waals surface area contributed by atoms with Gasteiger partial charge in [-0.3, -0.25) is 9.79 Å². The van der Waals surface area contributed by atoms with Crippen molar-refractivity contribution in [2.75, 3.05) is 7.11 Å². The van der Waals surface area contributed by atoms with E-state index in [1.165, 1.54) is 5.56 Å². The van der Waals surface area contributed by atoms with E-state index in [4.69, 9.17) is 14.8 Å². The van der Waals surface area contributed by atoms with Gasteiger partial charge in [0.05, 0.1) is 25.1 Å². The maximum Gasteiger partial charge on any atom is 0.306 e. The van der Waals surface area contributed by atoms with E-state index >= 15 is 0 Å². The van der Waals surface area contributed by atoms with Crippen molar-refractivity contribution in [3.8, 4) is 5.75 Å². The molecule has 0 spiro atoms. The molecular formula is C16H20N2O3. The van der Waals surface area contributed by atoms with Gasteiger partial charge in [0.25, 0.3) is 0 Å². The van der Waals surface area contributed by atoms with Crippen LogP contribution in [-0.2, 0) is 11.2 Å². The largest absolute Gasteiger partial charge is 0.497 e. The molecule has 0 aromatic heterocycles. The number of carbonyl (C=O) groups is 1. The van der Waals surface area contributed by atoms with Crippen LogP contribution in [0, 0.1) is 5.92 Å². The highest BCUT2D eigenvalue weighted by Gasteiger charge is 2.37. The van der Waals surface area contributed by atoms with Crippen molar-refractivity contribution in [2.45, 2.75) is 37.8 Å². The summed E-state index contributed by atoms with van der Waals surface area (Å²) in [5, 5.41) is 12.5. The average molecular weight is 288 g/mol. The molecule has 3 rings (SSSR count). The van der Waals surface area contributed by atoms with E-state index in [0.717, 1.165) is 30.8 Å². The lowest BCUT2D eigenvalue weighted by molar-refractivity contribution is -0.143. The number of nitrogens with zero attached hydrogens (tertiary/aromatic N) is 1. The molecule has 1 aliphatic heterocycles. The predicted molar refractivity (Wildman–Crippen MR) is 79.8 cm³/mol. The highest BCUT2D eigenvalue weighted by molar-refractivity contribution is 5.86. The molecule has 2 aliphatic rings. The van der Waals surface area contributed by atoms with Crippen LogP contribution in [0.25, 0.3) is 0 Å². The van der Waals surface area contributed by atoms with E-state index in [0.29, 0.717) is 6.42 Å². The zero-order chi connectivity index (χ0) is 14.8. The van der Waals surface area contributed by atoms with E-state index in [2.05, 4.69) is 5.32 Å². The first-order valence-electron chi connectivity index (χ1n) is 7.34. The van der Waals surface area contributed by atoms with E-state index in [1.807, 2.05) is 24.3 Å². The number of hydrogen-bond donors (Lipinski definition) is 2. The lowest BCUT2D eigenvalue weighted by Crippen LogP contribution is -2.41. The first-order chi connectivity index (χ1) is 10.2. The average Bonchev–Trinajstić information content (AvgIpc) is 2.89. The number of benzene rings is 1. The van der Waals surface area contributed by atoms with Gasteiger partial charge in [0.1, 0.15) is 11.6 Å². The number of carboxylic acids is 1. The van der Waals surface area contributed by atoms with Gasteiger partial charge in [-0.25, -0.2) is 0 Å². The van der Waals surface area contributed by atoms with E-state index in [1.54, 1.807) is 7.11 Å². The minimum absolute atomic E-state index is 0.188. The molecule has 0 radical (unpaired) electrons. The molecule has 1 aromatic carbocycles. The van der Waals surface area contributed by atoms with Gasteiger partial charge in [-0.1, -0.05) is 12.1 Å². The second-order valence-corrected chi connectivity index (χ2v) is 5.77. The van der Waals surface area contributed by atoms with Gasteiger partial charge in [-0.05, 0) is 37.0 Å². The minimum atomic E-state index is -0.682. The Balaban J connectivity index is 1.62. The van der Waals surface area contributed by atoms with Crippen molar-refractivity contribution in [3.05, 3.63) is 29.8 Å². The van der Waals surface area contributed by atoms with E-state index < -0.39 is 5.97 Å². The number of hydrogen-bond acceptors (Lipinski definition) is 4. The number of amidine groups is 1. The lowest BCUT2D eigenvalue weighted by Gasteiger charge is -2.28. The Morgan fingerprint density at radius 3 is 2.81 bits per heavy atom. The van der Waals surface area contributed by atoms with Crippen LogP contribution in [0.1, 0.15) is 24.8 Å². The zero-order valence-corrected chi connectivity index (χ0v) is 12.1. The summed E-state index contributed by atoms with van der Waals surface area (Å²) in [6.07, 6.45) is 3.03. The third kappa shape index (κ3) is 3.01. The Bertz CT molecular complexity index is 553. The number of methoxy groups -OCH3 is 1. The van der Waals surface area contributed by atoms with Crippen LogP contribution < -0.4 is 10.1 Å². The van der Waals surface area contributed by atoms with Crippen LogP contribution in [0.2, 0.25) is 0 Å². The molecule has 0 bridgehead atoms. The molecule has 5 heteroatoms. The highest BCUT2D eigenvalue weighted by Crippen LogP contribution is 2.30. The summed E-state index contributed by atoms with van der Waals surface area (Å²) < 4.78 is 5.15. The molecule has 1 aliphatic carbocycles. The van der Waals surface area contributed by atoms with Gasteiger partial charge in [0.2, 0.25) is 0 Å². The predicted octanol–water partition coefficient (Wildman–Crippen LogP) is 1.86. The third-order valence-electron chi connectivity index (χ3n) is 4.37. The Hall–Kier alpha value is -2.04. The monoisotopic (exact) mass is 288 g/mol. The fraction of sp³-hybridized carbons (Fsp3) is 0.500. The van der Waals surface area contributed by atoms with Gasteiger partial charge in [0, 0.05) is 6.42 Å². The summed E-state index contributed by atoms with van der Waals surface area (Å²) in [4.78, 5) is 15.8. The van der Waals surface area contributed by atoms with Crippen molar-refractivity contribution < 1.29 is 14.6 Å². The number of fused-ring (bicyclic) bond motifs is 1. The SMILES string of the molecule is COc1ccc(CC2=NC3CCC(C(=O)O)CC3N2)cc1. The maximum atomic E-state index is 11.1. The number of nitrogens with one attached hydrogen (secondary N) is 1. The smallest absolute Gasteiger partial charge is 0.306 e. The van der Waals surface area contributed by atoms with Gasteiger partial charge in [0.15, 0.2) is 0 Å². The minimum Gasteiger partial charge on any atom is -0.497 e. The van der Waals surface area contributed by atoms with E-state index in [9.17, 15) is 4.79 Å². The first kappa shape index (κ1) is 13.9. The first-order valence-corrected chi connectivity index (χ1v) is 7.34. The third-order valence-corrected chi connectivity index (χ3v) is 4.37. The molecular weight excluding hydrogens is 268 g/mol. The van der Waals surface area contributed by atoms with Gasteiger partial charge in [-0.2, -0.15) is 0 Å². The van der Waals surface area contributed by atoms with Crippen molar-refractivity contribution in [1.82, 2.24) is 5.32 Å². The fourth-order valence-corrected chi connectivity index (χ4v) is 3.17. The maximum absolute atomic E-state index is 11.1. The van der Waals surface area contributed by atoms with Crippen LogP contribution in [0.5, 0.6) is 5.75 Å². The summed E-state index contributed by atoms with van der Waals surface area (Å²) in [5.41, 5.74) is 1.18. The number of carboxylic acid groups (broad SMARTS) is 1. The van der Waals surface area contributed by atoms with E-state index in [-0.39, 0.29) is 18.0 Å². The van der Waals surface area contributed by atoms with Crippen LogP contribution in [0.4, 0.5) is 0 Å². The quantitative estimate of drug-likeness (QED) is 0.887. The van der Waals surface area contributed by atoms with Crippen molar-refractivity contribution >= 4 is 11.8 Å². The molecule has 3 unspecified atom stereocenters. The molecule has 5 nitrogen and oxygen atoms in total. The number of aliphatic carboxylic acids is 1. The molecule has 0 saturated heterocycles. The summed E-state index contributed by atoms with van der Waals surface area (Å²) >= 11 is 0. The Kier molecular flexibility index (Phi) is 3.82. The summed E-state index contributed by atoms with van der Waals surface area (Å²) in [5.74, 6) is 0.910. The lowest BCUT2D eigenvalue weighted by atomic mass is 9.83. The Labute approximate surface area is 124 Å². The second kappa shape index (κ2) is 5.76. The van der Waals surface area contributed by atoms with Crippen molar-refractivity contribution in [2.24, 2.45) is 10.9 Å². The fourth-order valence-electron chi connectivity index (χ4n) is 3.17. The summed E-state index contributed by atoms with van der Waals surface area (Å²) in [6.45, 7) is 0. The standard InChI is InChI=1S/C16H20N2O3/c1-21-12-5-2-10(3-6-12)8-15-17-13-7-4-11(16(19)20)9-14(13)18-15/h2-3,5-6,11,13-14H,4,7-9H2,1H3,(H,17,18)(H,19,20). The molecule has 1 aromatic rings. The van der Waals surface area contributed by atoms with Gasteiger partial charge < -0.3 is 15.2 Å². The molecule has 112 valence electrons. The molecule has 0 amide bonds. The number of aliphatic imine (C=N–C) groups is 1. The number of ether oxygens (including phenoxy) is 1. The normalized spacial score (nSPS) is 27.5. The molecule has 1 fully saturated rings. The zero-order valence-electron chi connectivity index (χ0n) is 12.1. The van der Waals surface area contributed by atoms with Gasteiger partial charge in [-0.15, -0.1) is 0 Å². The topological polar surface area (TPSA) is 70.9 Å². The highest BCUT2D eigenvalue weighted by atomic mass is 16.5.